The molecule has 0 bridgehead atoms. The van der Waals surface area contributed by atoms with E-state index in [1.54, 1.807) is 0 Å². The average Bonchev–Trinajstić information content (AvgIpc) is 3.79. The van der Waals surface area contributed by atoms with Gasteiger partial charge < -0.3 is 4.57 Å². The molecule has 5 nitrogen and oxygen atoms in total. The molecular weight excluding hydrogens is 611 g/mol. The molecular formula is C45H29N5. The quantitative estimate of drug-likeness (QED) is 0.187. The number of fused-ring (bicyclic) bond motifs is 6. The number of nitrogens with zero attached hydrogens (tertiary/aromatic N) is 5. The second-order valence-electron chi connectivity index (χ2n) is 11.8. The van der Waals surface area contributed by atoms with Gasteiger partial charge in [0.05, 0.1) is 34.4 Å². The summed E-state index contributed by atoms with van der Waals surface area (Å²) in [4.78, 5) is 14.8. The maximum absolute atomic E-state index is 9.26. The third-order valence-electron chi connectivity index (χ3n) is 8.94. The van der Waals surface area contributed by atoms with Crippen LogP contribution in [0.15, 0.2) is 176 Å². The van der Waals surface area contributed by atoms with Crippen molar-refractivity contribution >= 4 is 43.6 Å². The van der Waals surface area contributed by atoms with Crippen LogP contribution in [0.5, 0.6) is 0 Å². The van der Waals surface area contributed by atoms with Crippen molar-refractivity contribution in [2.75, 3.05) is 0 Å². The Kier molecular flexibility index (Phi) is 4.67. The van der Waals surface area contributed by atoms with E-state index in [1.807, 2.05) is 102 Å². The first-order valence-electron chi connectivity index (χ1n) is 20.6. The fourth-order valence-corrected chi connectivity index (χ4v) is 6.75. The first-order valence-corrected chi connectivity index (χ1v) is 16.1. The van der Waals surface area contributed by atoms with E-state index in [9.17, 15) is 2.74 Å². The molecule has 0 atom stereocenters. The molecule has 0 unspecified atom stereocenters. The normalized spacial score (nSPS) is 14.1. The molecule has 0 aliphatic rings. The zero-order valence-electron chi connectivity index (χ0n) is 35.3. The Bertz CT molecular complexity index is 3250. The number of hydrogen-bond acceptors (Lipinski definition) is 3. The van der Waals surface area contributed by atoms with Gasteiger partial charge in [0.25, 0.3) is 0 Å². The smallest absolute Gasteiger partial charge is 0.238 e. The lowest BCUT2D eigenvalue weighted by Gasteiger charge is -2.13. The van der Waals surface area contributed by atoms with Crippen molar-refractivity contribution in [2.45, 2.75) is 0 Å². The predicted molar refractivity (Wildman–Crippen MR) is 205 cm³/mol. The van der Waals surface area contributed by atoms with Gasteiger partial charge in [-0.1, -0.05) is 139 Å². The van der Waals surface area contributed by atoms with Gasteiger partial charge in [-0.3, -0.25) is 4.57 Å². The minimum Gasteiger partial charge on any atom is -0.309 e. The largest absolute Gasteiger partial charge is 0.309 e. The molecule has 10 aromatic rings. The third kappa shape index (κ3) is 4.52. The fourth-order valence-electron chi connectivity index (χ4n) is 6.75. The van der Waals surface area contributed by atoms with Gasteiger partial charge in [-0.2, -0.15) is 9.97 Å². The molecule has 0 saturated heterocycles. The molecule has 234 valence electrons. The summed E-state index contributed by atoms with van der Waals surface area (Å²) in [5.41, 5.74) is 3.97. The minimum atomic E-state index is -0.650. The Balaban J connectivity index is 1.25. The molecule has 0 saturated carbocycles. The summed E-state index contributed by atoms with van der Waals surface area (Å²) >= 11 is 0. The van der Waals surface area contributed by atoms with Crippen LogP contribution in [0.25, 0.3) is 89.2 Å². The summed E-state index contributed by atoms with van der Waals surface area (Å²) in [6.07, 6.45) is 0. The SMILES string of the molecule is [2H]c1c([2H])c([2H])c(-c2c([2H])c([2H])c(-c3nc(-c4cccc(-n5c6ccccc6c6ccccc65)c4)nc(-n4c5ccccc5c5ccccc54)n3)c([2H])c2[2H])c([2H])c1[2H]. The fraction of sp³-hybridized carbons (Fsp3) is 0. The number of benzene rings is 7. The van der Waals surface area contributed by atoms with E-state index in [4.69, 9.17) is 24.5 Å². The molecule has 3 heterocycles. The van der Waals surface area contributed by atoms with Gasteiger partial charge in [-0.25, -0.2) is 4.98 Å². The summed E-state index contributed by atoms with van der Waals surface area (Å²) in [7, 11) is 0. The van der Waals surface area contributed by atoms with E-state index < -0.39 is 65.5 Å². The van der Waals surface area contributed by atoms with Gasteiger partial charge in [0.2, 0.25) is 5.95 Å². The van der Waals surface area contributed by atoms with Gasteiger partial charge in [0, 0.05) is 38.4 Å². The number of rotatable bonds is 5. The van der Waals surface area contributed by atoms with Crippen molar-refractivity contribution in [2.24, 2.45) is 0 Å². The topological polar surface area (TPSA) is 48.5 Å². The highest BCUT2D eigenvalue weighted by Crippen LogP contribution is 2.35. The third-order valence-corrected chi connectivity index (χ3v) is 8.94. The first-order chi connectivity index (χ1) is 28.5. The average molecular weight is 649 g/mol. The van der Waals surface area contributed by atoms with Crippen LogP contribution in [-0.2, 0) is 0 Å². The lowest BCUT2D eigenvalue weighted by Crippen LogP contribution is -2.06. The Labute approximate surface area is 301 Å². The summed E-state index contributed by atoms with van der Waals surface area (Å²) in [5, 5.41) is 4.10. The van der Waals surface area contributed by atoms with Crippen molar-refractivity contribution < 1.29 is 12.3 Å². The lowest BCUT2D eigenvalue weighted by molar-refractivity contribution is 0.953. The lowest BCUT2D eigenvalue weighted by atomic mass is 10.0. The Morgan fingerprint density at radius 3 is 1.40 bits per heavy atom. The summed E-state index contributed by atoms with van der Waals surface area (Å²) in [5.74, 6) is 0.246. The van der Waals surface area contributed by atoms with Gasteiger partial charge in [0.1, 0.15) is 0 Å². The second kappa shape index (κ2) is 11.4. The summed E-state index contributed by atoms with van der Waals surface area (Å²) in [6, 6.07) is 34.2. The number of aromatic nitrogens is 5. The van der Waals surface area contributed by atoms with E-state index >= 15 is 0 Å². The Morgan fingerprint density at radius 1 is 0.380 bits per heavy atom. The minimum absolute atomic E-state index is 0.140. The summed E-state index contributed by atoms with van der Waals surface area (Å²) in [6.45, 7) is 0. The second-order valence-corrected chi connectivity index (χ2v) is 11.8. The zero-order chi connectivity index (χ0) is 40.9. The molecule has 0 fully saturated rings. The number of para-hydroxylation sites is 4. The van der Waals surface area contributed by atoms with Crippen molar-refractivity contribution in [3.63, 3.8) is 0 Å². The standard InChI is InChI=1S/C45H29N5/c1-2-13-30(14-3-1)31-25-27-32(28-26-31)43-46-44(48-45(47-43)50-41-23-10-6-19-37(41)38-20-7-11-24-42(38)50)33-15-12-16-34(29-33)49-39-21-8-4-17-35(39)36-18-5-9-22-40(36)49/h1-29H/i1D,2D,3D,13D,14D,25D,26D,27D,28D. The van der Waals surface area contributed by atoms with Gasteiger partial charge in [-0.05, 0) is 47.5 Å². The van der Waals surface area contributed by atoms with E-state index in [0.29, 0.717) is 5.56 Å². The molecule has 50 heavy (non-hydrogen) atoms. The molecule has 0 aliphatic carbocycles. The first kappa shape index (κ1) is 20.5. The molecule has 0 N–H and O–H groups in total. The summed E-state index contributed by atoms with van der Waals surface area (Å²) < 4.78 is 82.3. The Morgan fingerprint density at radius 2 is 0.840 bits per heavy atom. The van der Waals surface area contributed by atoms with Crippen molar-refractivity contribution in [1.82, 2.24) is 24.1 Å². The van der Waals surface area contributed by atoms with Crippen LogP contribution in [-0.4, -0.2) is 24.1 Å². The molecule has 10 rings (SSSR count). The van der Waals surface area contributed by atoms with Crippen LogP contribution in [0.3, 0.4) is 0 Å². The highest BCUT2D eigenvalue weighted by molar-refractivity contribution is 6.10. The monoisotopic (exact) mass is 648 g/mol. The van der Waals surface area contributed by atoms with Gasteiger partial charge in [0.15, 0.2) is 11.6 Å². The van der Waals surface area contributed by atoms with Crippen molar-refractivity contribution in [1.29, 1.82) is 0 Å². The van der Waals surface area contributed by atoms with Crippen molar-refractivity contribution in [3.05, 3.63) is 176 Å². The van der Waals surface area contributed by atoms with Crippen LogP contribution in [0.4, 0.5) is 0 Å². The maximum Gasteiger partial charge on any atom is 0.238 e. The van der Waals surface area contributed by atoms with Crippen molar-refractivity contribution in [3.8, 4) is 45.5 Å². The van der Waals surface area contributed by atoms with Crippen LogP contribution < -0.4 is 0 Å². The van der Waals surface area contributed by atoms with E-state index in [0.717, 1.165) is 49.3 Å². The maximum atomic E-state index is 9.26. The zero-order valence-corrected chi connectivity index (χ0v) is 26.3. The molecule has 7 aromatic carbocycles. The molecule has 0 aliphatic heterocycles. The highest BCUT2D eigenvalue weighted by Gasteiger charge is 2.19. The highest BCUT2D eigenvalue weighted by atomic mass is 15.2. The van der Waals surface area contributed by atoms with Crippen LogP contribution in [0.2, 0.25) is 0 Å². The van der Waals surface area contributed by atoms with Crippen LogP contribution in [0, 0.1) is 0 Å². The van der Waals surface area contributed by atoms with E-state index in [-0.39, 0.29) is 23.2 Å². The molecule has 5 heteroatoms. The van der Waals surface area contributed by atoms with Gasteiger partial charge in [-0.15, -0.1) is 0 Å². The predicted octanol–water partition coefficient (Wildman–Crippen LogP) is 11.1. The van der Waals surface area contributed by atoms with Gasteiger partial charge >= 0.3 is 0 Å². The van der Waals surface area contributed by atoms with E-state index in [2.05, 4.69) is 28.8 Å². The molecule has 0 radical (unpaired) electrons. The molecule has 0 amide bonds. The van der Waals surface area contributed by atoms with Crippen LogP contribution >= 0.6 is 0 Å². The van der Waals surface area contributed by atoms with E-state index in [1.165, 1.54) is 0 Å². The number of hydrogen-bond donors (Lipinski definition) is 0. The van der Waals surface area contributed by atoms with Crippen LogP contribution in [0.1, 0.15) is 12.3 Å². The molecule has 0 spiro atoms. The Hall–Kier alpha value is -6.85. The molecule has 3 aromatic heterocycles.